The van der Waals surface area contributed by atoms with Crippen LogP contribution in [-0.2, 0) is 19.0 Å². The number of nitrogens with zero attached hydrogens (tertiary/aromatic N) is 1. The summed E-state index contributed by atoms with van der Waals surface area (Å²) in [6.45, 7) is 5.82. The van der Waals surface area contributed by atoms with Gasteiger partial charge in [-0.05, 0) is 80.1 Å². The molecular weight excluding hydrogens is 442 g/mol. The maximum Gasteiger partial charge on any atom is 0.155 e. The Morgan fingerprint density at radius 3 is 2.69 bits per heavy atom. The van der Waals surface area contributed by atoms with E-state index in [9.17, 15) is 4.79 Å². The summed E-state index contributed by atoms with van der Waals surface area (Å²) in [4.78, 5) is 12.4. The molecule has 0 bridgehead atoms. The van der Waals surface area contributed by atoms with Gasteiger partial charge in [-0.25, -0.2) is 0 Å². The van der Waals surface area contributed by atoms with Gasteiger partial charge in [0, 0.05) is 31.5 Å². The van der Waals surface area contributed by atoms with Crippen LogP contribution in [0.4, 0.5) is 0 Å². The lowest BCUT2D eigenvalue weighted by atomic mass is 9.46. The second-order valence-corrected chi connectivity index (χ2v) is 11.6. The number of fused-ring (bicyclic) bond motifs is 2. The van der Waals surface area contributed by atoms with Gasteiger partial charge in [0.05, 0.1) is 18.4 Å². The molecule has 188 valence electrons. The molecule has 35 heavy (non-hydrogen) atoms. The summed E-state index contributed by atoms with van der Waals surface area (Å²) in [5, 5.41) is 12.2. The molecule has 1 heterocycles. The summed E-state index contributed by atoms with van der Waals surface area (Å²) in [6.07, 6.45) is 9.86. The van der Waals surface area contributed by atoms with E-state index in [-0.39, 0.29) is 33.9 Å². The van der Waals surface area contributed by atoms with E-state index in [0.717, 1.165) is 44.1 Å². The summed E-state index contributed by atoms with van der Waals surface area (Å²) < 4.78 is 19.5. The van der Waals surface area contributed by atoms with Crippen molar-refractivity contribution in [3.05, 3.63) is 47.0 Å². The number of ether oxygens (including phenoxy) is 3. The number of epoxide rings is 1. The summed E-state index contributed by atoms with van der Waals surface area (Å²) in [5.74, 6) is 1.37. The second-order valence-electron chi connectivity index (χ2n) is 11.6. The van der Waals surface area contributed by atoms with E-state index in [1.54, 1.807) is 7.11 Å². The topological polar surface area (TPSA) is 80.7 Å². The lowest BCUT2D eigenvalue weighted by molar-refractivity contribution is -0.177. The molecule has 1 aromatic rings. The van der Waals surface area contributed by atoms with Crippen molar-refractivity contribution in [3.8, 4) is 0 Å². The van der Waals surface area contributed by atoms with Crippen LogP contribution in [-0.4, -0.2) is 54.3 Å². The van der Waals surface area contributed by atoms with E-state index in [4.69, 9.17) is 19.4 Å². The molecule has 0 amide bonds. The van der Waals surface area contributed by atoms with E-state index in [1.165, 1.54) is 17.4 Å². The molecule has 1 aromatic carbocycles. The van der Waals surface area contributed by atoms with Crippen molar-refractivity contribution in [1.29, 1.82) is 0 Å². The number of ketones is 1. The van der Waals surface area contributed by atoms with E-state index >= 15 is 0 Å². The Labute approximate surface area is 207 Å². The van der Waals surface area contributed by atoms with Crippen LogP contribution in [0.15, 0.2) is 41.1 Å². The van der Waals surface area contributed by atoms with Crippen molar-refractivity contribution in [2.24, 2.45) is 22.4 Å². The zero-order valence-corrected chi connectivity index (χ0v) is 21.1. The predicted octanol–water partition coefficient (Wildman–Crippen LogP) is 5.03. The minimum absolute atomic E-state index is 0.0380. The fraction of sp³-hybridized carbons (Fsp3) is 0.655. The molecule has 1 saturated heterocycles. The zero-order chi connectivity index (χ0) is 24.5. The SMILES string of the molecule is CCO[C@@]1(COC)CC[C@H]2[C@@H]3CCC4=CC(=O)CC[C@]45O[C@]35[C@@H](c3ccc(/C=N/O)cc3)C[C@@]21C. The molecule has 6 rings (SSSR count). The number of benzene rings is 1. The molecule has 0 aromatic heterocycles. The highest BCUT2D eigenvalue weighted by atomic mass is 16.6. The molecule has 4 aliphatic carbocycles. The number of carbonyl (C=O) groups is 1. The third kappa shape index (κ3) is 2.93. The summed E-state index contributed by atoms with van der Waals surface area (Å²) in [6, 6.07) is 8.39. The molecule has 6 nitrogen and oxygen atoms in total. The Hall–Kier alpha value is -2.02. The Bertz CT molecular complexity index is 1070. The van der Waals surface area contributed by atoms with Crippen LogP contribution in [0.1, 0.15) is 75.8 Å². The Kier molecular flexibility index (Phi) is 5.34. The lowest BCUT2D eigenvalue weighted by Crippen LogP contribution is -2.60. The number of hydrogen-bond donors (Lipinski definition) is 1. The van der Waals surface area contributed by atoms with Crippen molar-refractivity contribution in [2.75, 3.05) is 20.3 Å². The third-order valence-electron chi connectivity index (χ3n) is 10.5. The number of hydrogen-bond acceptors (Lipinski definition) is 6. The lowest BCUT2D eigenvalue weighted by Gasteiger charge is -2.57. The molecular formula is C29H37NO5. The minimum Gasteiger partial charge on any atom is -0.411 e. The highest BCUT2D eigenvalue weighted by Crippen LogP contribution is 2.79. The van der Waals surface area contributed by atoms with Crippen molar-refractivity contribution >= 4 is 12.0 Å². The Balaban J connectivity index is 1.49. The predicted molar refractivity (Wildman–Crippen MR) is 132 cm³/mol. The zero-order valence-electron chi connectivity index (χ0n) is 21.1. The number of oxime groups is 1. The van der Waals surface area contributed by atoms with Crippen LogP contribution < -0.4 is 0 Å². The first-order valence-corrected chi connectivity index (χ1v) is 13.2. The van der Waals surface area contributed by atoms with E-state index in [1.807, 2.05) is 18.2 Å². The normalized spacial score (nSPS) is 43.8. The highest BCUT2D eigenvalue weighted by Gasteiger charge is 2.84. The van der Waals surface area contributed by atoms with E-state index in [0.29, 0.717) is 31.5 Å². The average molecular weight is 480 g/mol. The van der Waals surface area contributed by atoms with Crippen molar-refractivity contribution < 1.29 is 24.2 Å². The van der Waals surface area contributed by atoms with Crippen LogP contribution in [0.2, 0.25) is 0 Å². The van der Waals surface area contributed by atoms with Gasteiger partial charge in [-0.1, -0.05) is 36.3 Å². The highest BCUT2D eigenvalue weighted by molar-refractivity contribution is 5.92. The van der Waals surface area contributed by atoms with Gasteiger partial charge in [-0.3, -0.25) is 4.79 Å². The minimum atomic E-state index is -0.300. The van der Waals surface area contributed by atoms with Crippen LogP contribution in [0.5, 0.6) is 0 Å². The van der Waals surface area contributed by atoms with Gasteiger partial charge in [0.1, 0.15) is 11.2 Å². The second kappa shape index (κ2) is 7.99. The van der Waals surface area contributed by atoms with Gasteiger partial charge >= 0.3 is 0 Å². The Morgan fingerprint density at radius 1 is 1.17 bits per heavy atom. The fourth-order valence-corrected chi connectivity index (χ4v) is 9.11. The standard InChI is InChI=1S/C29H37NO5/c1-4-34-27(18-33-3)13-12-23-24-10-9-21-15-22(31)11-14-28(21)29(24,35-28)25(16-26(23,27)2)20-7-5-19(6-8-20)17-30-32/h5-8,15,17,23-25,32H,4,9-14,16,18H2,1-3H3/b30-17+/t23-,24-,25+,26-,27+,28-,29-/m0/s1. The number of carbonyl (C=O) groups excluding carboxylic acids is 1. The molecule has 7 atom stereocenters. The first kappa shape index (κ1) is 23.4. The fourth-order valence-electron chi connectivity index (χ4n) is 9.11. The van der Waals surface area contributed by atoms with Crippen LogP contribution in [0.3, 0.4) is 0 Å². The first-order valence-electron chi connectivity index (χ1n) is 13.2. The van der Waals surface area contributed by atoms with Gasteiger partial charge in [0.25, 0.3) is 0 Å². The maximum absolute atomic E-state index is 12.4. The van der Waals surface area contributed by atoms with Gasteiger partial charge in [-0.2, -0.15) is 0 Å². The van der Waals surface area contributed by atoms with Gasteiger partial charge in [0.15, 0.2) is 5.78 Å². The number of rotatable bonds is 6. The third-order valence-corrected chi connectivity index (χ3v) is 10.5. The van der Waals surface area contributed by atoms with E-state index in [2.05, 4.69) is 31.1 Å². The van der Waals surface area contributed by atoms with Crippen LogP contribution in [0, 0.1) is 17.3 Å². The molecule has 0 unspecified atom stereocenters. The molecule has 6 heteroatoms. The van der Waals surface area contributed by atoms with Gasteiger partial charge in [0.2, 0.25) is 0 Å². The molecule has 1 N–H and O–H groups in total. The van der Waals surface area contributed by atoms with Gasteiger partial charge in [-0.15, -0.1) is 0 Å². The molecule has 1 aliphatic heterocycles. The molecule has 3 saturated carbocycles. The van der Waals surface area contributed by atoms with Crippen molar-refractivity contribution in [2.45, 2.75) is 81.5 Å². The summed E-state index contributed by atoms with van der Waals surface area (Å²) in [5.41, 5.74) is 2.47. The molecule has 2 spiro atoms. The summed E-state index contributed by atoms with van der Waals surface area (Å²) >= 11 is 0. The monoisotopic (exact) mass is 479 g/mol. The number of methoxy groups -OCH3 is 1. The van der Waals surface area contributed by atoms with Crippen molar-refractivity contribution in [3.63, 3.8) is 0 Å². The summed E-state index contributed by atoms with van der Waals surface area (Å²) in [7, 11) is 1.79. The van der Waals surface area contributed by atoms with E-state index < -0.39 is 0 Å². The molecule has 0 radical (unpaired) electrons. The largest absolute Gasteiger partial charge is 0.411 e. The van der Waals surface area contributed by atoms with Crippen LogP contribution in [0.25, 0.3) is 0 Å². The van der Waals surface area contributed by atoms with Crippen molar-refractivity contribution in [1.82, 2.24) is 0 Å². The smallest absolute Gasteiger partial charge is 0.155 e. The van der Waals surface area contributed by atoms with Gasteiger partial charge < -0.3 is 19.4 Å². The Morgan fingerprint density at radius 2 is 1.97 bits per heavy atom. The average Bonchev–Trinajstić information content (AvgIpc) is 3.45. The maximum atomic E-state index is 12.4. The quantitative estimate of drug-likeness (QED) is 0.268. The molecule has 4 fully saturated rings. The molecule has 5 aliphatic rings. The first-order chi connectivity index (χ1) is 16.9. The van der Waals surface area contributed by atoms with Crippen LogP contribution >= 0.6 is 0 Å².